The Bertz CT molecular complexity index is 425. The molecule has 4 heteroatoms. The summed E-state index contributed by atoms with van der Waals surface area (Å²) in [4.78, 5) is 14.0. The van der Waals surface area contributed by atoms with Gasteiger partial charge >= 0.3 is 0 Å². The summed E-state index contributed by atoms with van der Waals surface area (Å²) in [5, 5.41) is 0. The molecule has 1 heterocycles. The van der Waals surface area contributed by atoms with Gasteiger partial charge in [-0.15, -0.1) is 0 Å². The quantitative estimate of drug-likeness (QED) is 0.847. The molecule has 2 rings (SSSR count). The van der Waals surface area contributed by atoms with Crippen LogP contribution in [0, 0.1) is 5.92 Å². The van der Waals surface area contributed by atoms with Crippen LogP contribution in [0.5, 0.6) is 0 Å². The van der Waals surface area contributed by atoms with Gasteiger partial charge in [0.2, 0.25) is 5.91 Å². The van der Waals surface area contributed by atoms with E-state index in [1.807, 2.05) is 18.0 Å². The van der Waals surface area contributed by atoms with E-state index in [9.17, 15) is 4.79 Å². The van der Waals surface area contributed by atoms with Crippen molar-refractivity contribution in [1.82, 2.24) is 4.90 Å². The van der Waals surface area contributed by atoms with Crippen molar-refractivity contribution >= 4 is 12.0 Å². The Morgan fingerprint density at radius 3 is 3.00 bits per heavy atom. The van der Waals surface area contributed by atoms with Gasteiger partial charge in [-0.1, -0.05) is 12.8 Å². The maximum atomic E-state index is 12.2. The van der Waals surface area contributed by atoms with Crippen LogP contribution >= 0.6 is 0 Å². The maximum absolute atomic E-state index is 12.2. The van der Waals surface area contributed by atoms with E-state index < -0.39 is 0 Å². The fraction of sp³-hybridized carbons (Fsp3) is 0.533. The molecule has 4 nitrogen and oxygen atoms in total. The van der Waals surface area contributed by atoms with Crippen molar-refractivity contribution in [2.45, 2.75) is 31.7 Å². The molecule has 0 spiro atoms. The van der Waals surface area contributed by atoms with Gasteiger partial charge in [0.25, 0.3) is 0 Å². The van der Waals surface area contributed by atoms with Crippen LogP contribution in [0.2, 0.25) is 0 Å². The van der Waals surface area contributed by atoms with Crippen molar-refractivity contribution in [3.63, 3.8) is 0 Å². The molecule has 1 aromatic heterocycles. The lowest BCUT2D eigenvalue weighted by molar-refractivity contribution is -0.128. The van der Waals surface area contributed by atoms with Crippen molar-refractivity contribution < 1.29 is 9.21 Å². The van der Waals surface area contributed by atoms with E-state index in [0.717, 1.165) is 12.8 Å². The van der Waals surface area contributed by atoms with Crippen LogP contribution in [0.25, 0.3) is 6.08 Å². The molecule has 1 aliphatic carbocycles. The molecule has 1 aliphatic rings. The van der Waals surface area contributed by atoms with Crippen LogP contribution in [-0.4, -0.2) is 30.4 Å². The van der Waals surface area contributed by atoms with Crippen molar-refractivity contribution in [1.29, 1.82) is 0 Å². The first-order valence-corrected chi connectivity index (χ1v) is 6.91. The number of carbonyl (C=O) groups is 1. The Labute approximate surface area is 114 Å². The SMILES string of the molecule is CN(C(=O)C=Cc1ccco1)C1CCCCC1CN. The highest BCUT2D eigenvalue weighted by atomic mass is 16.3. The lowest BCUT2D eigenvalue weighted by Gasteiger charge is -2.37. The van der Waals surface area contributed by atoms with Crippen LogP contribution in [0.15, 0.2) is 28.9 Å². The second-order valence-corrected chi connectivity index (χ2v) is 5.15. The number of carbonyl (C=O) groups excluding carboxylic acids is 1. The zero-order valence-corrected chi connectivity index (χ0v) is 11.4. The van der Waals surface area contributed by atoms with Crippen LogP contribution in [0.3, 0.4) is 0 Å². The third kappa shape index (κ3) is 3.47. The van der Waals surface area contributed by atoms with Crippen molar-refractivity contribution in [3.8, 4) is 0 Å². The standard InChI is InChI=1S/C15H22N2O2/c1-17(14-7-3-2-5-12(14)11-16)15(18)9-8-13-6-4-10-19-13/h4,6,8-10,12,14H,2-3,5,7,11,16H2,1H3. The first-order chi connectivity index (χ1) is 9.22. The fourth-order valence-electron chi connectivity index (χ4n) is 2.79. The van der Waals surface area contributed by atoms with Gasteiger partial charge in [-0.05, 0) is 43.5 Å². The highest BCUT2D eigenvalue weighted by Crippen LogP contribution is 2.27. The molecule has 1 saturated carbocycles. The largest absolute Gasteiger partial charge is 0.465 e. The lowest BCUT2D eigenvalue weighted by Crippen LogP contribution is -2.45. The molecule has 0 saturated heterocycles. The second kappa shape index (κ2) is 6.57. The topological polar surface area (TPSA) is 59.5 Å². The molecule has 2 unspecified atom stereocenters. The Morgan fingerprint density at radius 1 is 1.53 bits per heavy atom. The van der Waals surface area contributed by atoms with Crippen molar-refractivity contribution in [2.24, 2.45) is 11.7 Å². The molecule has 1 amide bonds. The van der Waals surface area contributed by atoms with Gasteiger partial charge in [0.1, 0.15) is 5.76 Å². The van der Waals surface area contributed by atoms with Gasteiger partial charge < -0.3 is 15.1 Å². The summed E-state index contributed by atoms with van der Waals surface area (Å²) in [6.45, 7) is 0.657. The number of furan rings is 1. The van der Waals surface area contributed by atoms with E-state index in [4.69, 9.17) is 10.2 Å². The average molecular weight is 262 g/mol. The minimum absolute atomic E-state index is 0.0155. The number of amides is 1. The summed E-state index contributed by atoms with van der Waals surface area (Å²) >= 11 is 0. The molecule has 0 radical (unpaired) electrons. The zero-order valence-electron chi connectivity index (χ0n) is 11.4. The number of nitrogens with two attached hydrogens (primary N) is 1. The first kappa shape index (κ1) is 13.9. The predicted molar refractivity (Wildman–Crippen MR) is 75.3 cm³/mol. The summed E-state index contributed by atoms with van der Waals surface area (Å²) in [7, 11) is 1.87. The van der Waals surface area contributed by atoms with E-state index >= 15 is 0 Å². The Morgan fingerprint density at radius 2 is 2.32 bits per heavy atom. The van der Waals surface area contributed by atoms with E-state index in [1.165, 1.54) is 12.8 Å². The number of rotatable bonds is 4. The molecule has 1 aromatic rings. The monoisotopic (exact) mass is 262 g/mol. The molecule has 0 aromatic carbocycles. The van der Waals surface area contributed by atoms with Gasteiger partial charge in [0, 0.05) is 19.2 Å². The predicted octanol–water partition coefficient (Wildman–Crippen LogP) is 2.27. The molecule has 104 valence electrons. The summed E-state index contributed by atoms with van der Waals surface area (Å²) in [5.74, 6) is 1.14. The molecule has 1 fully saturated rings. The van der Waals surface area contributed by atoms with E-state index in [2.05, 4.69) is 0 Å². The Hall–Kier alpha value is -1.55. The fourth-order valence-corrected chi connectivity index (χ4v) is 2.79. The average Bonchev–Trinajstić information content (AvgIpc) is 2.97. The van der Waals surface area contributed by atoms with Gasteiger partial charge in [0.15, 0.2) is 0 Å². The van der Waals surface area contributed by atoms with Crippen LogP contribution in [0.1, 0.15) is 31.4 Å². The highest BCUT2D eigenvalue weighted by molar-refractivity contribution is 5.91. The van der Waals surface area contributed by atoms with Gasteiger partial charge in [-0.25, -0.2) is 0 Å². The summed E-state index contributed by atoms with van der Waals surface area (Å²) in [6.07, 6.45) is 9.46. The van der Waals surface area contributed by atoms with Gasteiger partial charge in [-0.2, -0.15) is 0 Å². The highest BCUT2D eigenvalue weighted by Gasteiger charge is 2.28. The molecular formula is C15H22N2O2. The molecule has 2 atom stereocenters. The minimum atomic E-state index is 0.0155. The number of hydrogen-bond acceptors (Lipinski definition) is 3. The third-order valence-corrected chi connectivity index (χ3v) is 3.95. The summed E-state index contributed by atoms with van der Waals surface area (Å²) < 4.78 is 5.17. The number of likely N-dealkylation sites (N-methyl/N-ethyl adjacent to an activating group) is 1. The Kier molecular flexibility index (Phi) is 4.80. The summed E-state index contributed by atoms with van der Waals surface area (Å²) in [6, 6.07) is 3.90. The van der Waals surface area contributed by atoms with Crippen LogP contribution < -0.4 is 5.73 Å². The molecule has 2 N–H and O–H groups in total. The number of hydrogen-bond donors (Lipinski definition) is 1. The van der Waals surface area contributed by atoms with Crippen LogP contribution in [-0.2, 0) is 4.79 Å². The molecule has 19 heavy (non-hydrogen) atoms. The summed E-state index contributed by atoms with van der Waals surface area (Å²) in [5.41, 5.74) is 5.81. The third-order valence-electron chi connectivity index (χ3n) is 3.95. The maximum Gasteiger partial charge on any atom is 0.246 e. The normalized spacial score (nSPS) is 23.7. The van der Waals surface area contributed by atoms with Crippen LogP contribution in [0.4, 0.5) is 0 Å². The molecule has 0 bridgehead atoms. The van der Waals surface area contributed by atoms with Crippen molar-refractivity contribution in [2.75, 3.05) is 13.6 Å². The Balaban J connectivity index is 1.97. The minimum Gasteiger partial charge on any atom is -0.465 e. The van der Waals surface area contributed by atoms with E-state index in [-0.39, 0.29) is 11.9 Å². The van der Waals surface area contributed by atoms with Gasteiger partial charge in [-0.3, -0.25) is 4.79 Å². The second-order valence-electron chi connectivity index (χ2n) is 5.15. The van der Waals surface area contributed by atoms with Crippen molar-refractivity contribution in [3.05, 3.63) is 30.2 Å². The van der Waals surface area contributed by atoms with E-state index in [1.54, 1.807) is 24.5 Å². The van der Waals surface area contributed by atoms with E-state index in [0.29, 0.717) is 18.2 Å². The number of nitrogens with zero attached hydrogens (tertiary/aromatic N) is 1. The first-order valence-electron chi connectivity index (χ1n) is 6.91. The lowest BCUT2D eigenvalue weighted by atomic mass is 9.83. The molecule has 0 aliphatic heterocycles. The zero-order chi connectivity index (χ0) is 13.7. The van der Waals surface area contributed by atoms with Gasteiger partial charge in [0.05, 0.1) is 6.26 Å². The molecular weight excluding hydrogens is 240 g/mol. The smallest absolute Gasteiger partial charge is 0.246 e.